The molecule has 4 nitrogen and oxygen atoms in total. The third-order valence-corrected chi connectivity index (χ3v) is 2.40. The fourth-order valence-electron chi connectivity index (χ4n) is 1.64. The zero-order chi connectivity index (χ0) is 10.7. The minimum Gasteiger partial charge on any atom is -0.469 e. The molecule has 80 valence electrons. The van der Waals surface area contributed by atoms with Gasteiger partial charge in [0.25, 0.3) is 0 Å². The van der Waals surface area contributed by atoms with E-state index in [4.69, 9.17) is 4.42 Å². The van der Waals surface area contributed by atoms with Crippen molar-refractivity contribution in [2.24, 2.45) is 0 Å². The highest BCUT2D eigenvalue weighted by Gasteiger charge is 2.15. The SMILES string of the molecule is CCc1occc1C(O)Cc1ncc[nH]1. The summed E-state index contributed by atoms with van der Waals surface area (Å²) >= 11 is 0. The van der Waals surface area contributed by atoms with Gasteiger partial charge in [-0.2, -0.15) is 0 Å². The lowest BCUT2D eigenvalue weighted by molar-refractivity contribution is 0.173. The number of aryl methyl sites for hydroxylation is 1. The quantitative estimate of drug-likeness (QED) is 0.802. The average Bonchev–Trinajstić information content (AvgIpc) is 2.86. The van der Waals surface area contributed by atoms with Crippen LogP contribution in [0.25, 0.3) is 0 Å². The summed E-state index contributed by atoms with van der Waals surface area (Å²) in [6.45, 7) is 2.00. The molecule has 0 saturated carbocycles. The first-order chi connectivity index (χ1) is 7.31. The van der Waals surface area contributed by atoms with E-state index in [1.807, 2.05) is 13.0 Å². The van der Waals surface area contributed by atoms with Gasteiger partial charge >= 0.3 is 0 Å². The molecule has 2 rings (SSSR count). The molecular weight excluding hydrogens is 192 g/mol. The van der Waals surface area contributed by atoms with Crippen LogP contribution in [0.1, 0.15) is 30.2 Å². The van der Waals surface area contributed by atoms with Gasteiger partial charge in [0, 0.05) is 30.8 Å². The van der Waals surface area contributed by atoms with Crippen LogP contribution in [0.5, 0.6) is 0 Å². The number of aromatic nitrogens is 2. The Bertz CT molecular complexity index is 406. The summed E-state index contributed by atoms with van der Waals surface area (Å²) in [7, 11) is 0. The van der Waals surface area contributed by atoms with Gasteiger partial charge in [-0.3, -0.25) is 0 Å². The Morgan fingerprint density at radius 2 is 2.47 bits per heavy atom. The van der Waals surface area contributed by atoms with Crippen LogP contribution < -0.4 is 0 Å². The summed E-state index contributed by atoms with van der Waals surface area (Å²) in [5.41, 5.74) is 0.855. The summed E-state index contributed by atoms with van der Waals surface area (Å²) in [4.78, 5) is 7.04. The van der Waals surface area contributed by atoms with E-state index < -0.39 is 6.10 Å². The van der Waals surface area contributed by atoms with E-state index in [2.05, 4.69) is 9.97 Å². The van der Waals surface area contributed by atoms with Crippen molar-refractivity contribution in [3.05, 3.63) is 41.9 Å². The van der Waals surface area contributed by atoms with Crippen molar-refractivity contribution in [3.8, 4) is 0 Å². The predicted octanol–water partition coefficient (Wildman–Crippen LogP) is 1.84. The van der Waals surface area contributed by atoms with E-state index in [1.165, 1.54) is 0 Å². The molecule has 0 radical (unpaired) electrons. The Kier molecular flexibility index (Phi) is 2.87. The van der Waals surface area contributed by atoms with Gasteiger partial charge in [0.15, 0.2) is 0 Å². The van der Waals surface area contributed by atoms with Crippen LogP contribution in [0.15, 0.2) is 29.1 Å². The fourth-order valence-corrected chi connectivity index (χ4v) is 1.64. The molecule has 0 aromatic carbocycles. The number of H-pyrrole nitrogens is 1. The maximum absolute atomic E-state index is 9.97. The van der Waals surface area contributed by atoms with E-state index in [0.717, 1.165) is 23.6 Å². The maximum atomic E-state index is 9.97. The predicted molar refractivity (Wildman–Crippen MR) is 55.3 cm³/mol. The number of aliphatic hydroxyl groups is 1. The van der Waals surface area contributed by atoms with Crippen molar-refractivity contribution < 1.29 is 9.52 Å². The van der Waals surface area contributed by atoms with Crippen LogP contribution in [0.3, 0.4) is 0 Å². The van der Waals surface area contributed by atoms with Crippen molar-refractivity contribution in [1.29, 1.82) is 0 Å². The van der Waals surface area contributed by atoms with Gasteiger partial charge in [-0.25, -0.2) is 4.98 Å². The molecule has 0 amide bonds. The van der Waals surface area contributed by atoms with Gasteiger partial charge in [0.1, 0.15) is 11.6 Å². The van der Waals surface area contributed by atoms with Crippen molar-refractivity contribution in [2.75, 3.05) is 0 Å². The summed E-state index contributed by atoms with van der Waals surface area (Å²) < 4.78 is 5.26. The zero-order valence-corrected chi connectivity index (χ0v) is 8.60. The van der Waals surface area contributed by atoms with Crippen LogP contribution in [0.2, 0.25) is 0 Å². The van der Waals surface area contributed by atoms with Crippen LogP contribution >= 0.6 is 0 Å². The molecule has 4 heteroatoms. The Labute approximate surface area is 88.0 Å². The molecule has 2 aromatic rings. The van der Waals surface area contributed by atoms with Gasteiger partial charge in [0.2, 0.25) is 0 Å². The van der Waals surface area contributed by atoms with Crippen LogP contribution in [0.4, 0.5) is 0 Å². The molecule has 0 aliphatic rings. The highest BCUT2D eigenvalue weighted by Crippen LogP contribution is 2.22. The first-order valence-corrected chi connectivity index (χ1v) is 5.03. The van der Waals surface area contributed by atoms with Crippen LogP contribution in [-0.4, -0.2) is 15.1 Å². The first kappa shape index (κ1) is 9.98. The maximum Gasteiger partial charge on any atom is 0.109 e. The van der Waals surface area contributed by atoms with E-state index in [9.17, 15) is 5.11 Å². The third kappa shape index (κ3) is 2.10. The van der Waals surface area contributed by atoms with Crippen molar-refractivity contribution in [1.82, 2.24) is 9.97 Å². The zero-order valence-electron chi connectivity index (χ0n) is 8.60. The summed E-state index contributed by atoms with van der Waals surface area (Å²) in [5, 5.41) is 9.97. The summed E-state index contributed by atoms with van der Waals surface area (Å²) in [6.07, 6.45) is 5.76. The lowest BCUT2D eigenvalue weighted by atomic mass is 10.1. The third-order valence-electron chi connectivity index (χ3n) is 2.40. The monoisotopic (exact) mass is 206 g/mol. The molecule has 0 saturated heterocycles. The van der Waals surface area contributed by atoms with Gasteiger partial charge in [-0.05, 0) is 6.07 Å². The van der Waals surface area contributed by atoms with Gasteiger partial charge < -0.3 is 14.5 Å². The minimum absolute atomic E-state index is 0.486. The molecule has 0 spiro atoms. The smallest absolute Gasteiger partial charge is 0.109 e. The van der Waals surface area contributed by atoms with E-state index in [1.54, 1.807) is 18.7 Å². The molecule has 0 bridgehead atoms. The average molecular weight is 206 g/mol. The fraction of sp³-hybridized carbons (Fsp3) is 0.364. The van der Waals surface area contributed by atoms with Gasteiger partial charge in [0.05, 0.1) is 12.4 Å². The number of furan rings is 1. The summed E-state index contributed by atoms with van der Waals surface area (Å²) in [5.74, 6) is 1.62. The standard InChI is InChI=1S/C11H14N2O2/c1-2-10-8(3-6-15-10)9(14)7-11-12-4-5-13-11/h3-6,9,14H,2,7H2,1H3,(H,12,13). The van der Waals surface area contributed by atoms with E-state index >= 15 is 0 Å². The molecule has 15 heavy (non-hydrogen) atoms. The Morgan fingerprint density at radius 3 is 3.13 bits per heavy atom. The van der Waals surface area contributed by atoms with Gasteiger partial charge in [-0.1, -0.05) is 6.92 Å². The summed E-state index contributed by atoms with van der Waals surface area (Å²) in [6, 6.07) is 1.81. The molecule has 1 atom stereocenters. The largest absolute Gasteiger partial charge is 0.469 e. The number of nitrogens with one attached hydrogen (secondary N) is 1. The Balaban J connectivity index is 2.11. The number of aliphatic hydroxyl groups excluding tert-OH is 1. The van der Waals surface area contributed by atoms with Crippen molar-refractivity contribution >= 4 is 0 Å². The Morgan fingerprint density at radius 1 is 1.60 bits per heavy atom. The highest BCUT2D eigenvalue weighted by molar-refractivity contribution is 5.20. The van der Waals surface area contributed by atoms with E-state index in [0.29, 0.717) is 6.42 Å². The molecule has 2 heterocycles. The second-order valence-electron chi connectivity index (χ2n) is 3.41. The molecule has 2 aromatic heterocycles. The normalized spacial score (nSPS) is 12.9. The highest BCUT2D eigenvalue weighted by atomic mass is 16.3. The number of nitrogens with zero attached hydrogens (tertiary/aromatic N) is 1. The van der Waals surface area contributed by atoms with Gasteiger partial charge in [-0.15, -0.1) is 0 Å². The van der Waals surface area contributed by atoms with Crippen molar-refractivity contribution in [3.63, 3.8) is 0 Å². The molecule has 2 N–H and O–H groups in total. The van der Waals surface area contributed by atoms with E-state index in [-0.39, 0.29) is 0 Å². The molecule has 0 fully saturated rings. The number of hydrogen-bond acceptors (Lipinski definition) is 3. The lowest BCUT2D eigenvalue weighted by Crippen LogP contribution is -2.04. The lowest BCUT2D eigenvalue weighted by Gasteiger charge is -2.08. The van der Waals surface area contributed by atoms with Crippen molar-refractivity contribution in [2.45, 2.75) is 25.9 Å². The minimum atomic E-state index is -0.551. The van der Waals surface area contributed by atoms with Crippen LogP contribution in [0, 0.1) is 0 Å². The molecule has 0 aliphatic heterocycles. The second-order valence-corrected chi connectivity index (χ2v) is 3.41. The number of hydrogen-bond donors (Lipinski definition) is 2. The number of aromatic amines is 1. The molecule has 1 unspecified atom stereocenters. The number of imidazole rings is 1. The molecule has 0 aliphatic carbocycles. The number of rotatable bonds is 4. The Hall–Kier alpha value is -1.55. The topological polar surface area (TPSA) is 62.1 Å². The first-order valence-electron chi connectivity index (χ1n) is 5.03. The van der Waals surface area contributed by atoms with Crippen LogP contribution in [-0.2, 0) is 12.8 Å². The molecular formula is C11H14N2O2. The second kappa shape index (κ2) is 4.31.